The summed E-state index contributed by atoms with van der Waals surface area (Å²) in [7, 11) is 0. The number of carbonyl (C=O) groups excluding carboxylic acids is 1. The van der Waals surface area contributed by atoms with Gasteiger partial charge in [-0.15, -0.1) is 11.3 Å². The fourth-order valence-electron chi connectivity index (χ4n) is 1.91. The number of carbonyl (C=O) groups is 1. The lowest BCUT2D eigenvalue weighted by molar-refractivity contribution is 0.0636. The monoisotopic (exact) mass is 330 g/mol. The molecule has 2 aromatic rings. The van der Waals surface area contributed by atoms with Crippen LogP contribution >= 0.6 is 11.3 Å². The molecule has 1 aromatic carbocycles. The van der Waals surface area contributed by atoms with Crippen molar-refractivity contribution >= 4 is 28.6 Å². The number of aromatic nitrogens is 1. The minimum absolute atomic E-state index is 0.480. The van der Waals surface area contributed by atoms with Crippen LogP contribution in [0.25, 0.3) is 6.08 Å². The Morgan fingerprint density at radius 3 is 2.74 bits per heavy atom. The van der Waals surface area contributed by atoms with Crippen molar-refractivity contribution in [2.45, 2.75) is 39.2 Å². The van der Waals surface area contributed by atoms with Crippen molar-refractivity contribution in [2.24, 2.45) is 0 Å². The van der Waals surface area contributed by atoms with Gasteiger partial charge >= 0.3 is 6.09 Å². The van der Waals surface area contributed by atoms with Gasteiger partial charge in [-0.1, -0.05) is 36.4 Å². The molecule has 4 nitrogen and oxygen atoms in total. The van der Waals surface area contributed by atoms with Crippen LogP contribution < -0.4 is 5.32 Å². The van der Waals surface area contributed by atoms with Gasteiger partial charge in [-0.3, -0.25) is 5.32 Å². The Morgan fingerprint density at radius 2 is 2.04 bits per heavy atom. The van der Waals surface area contributed by atoms with Crippen LogP contribution in [0.4, 0.5) is 9.93 Å². The van der Waals surface area contributed by atoms with Gasteiger partial charge in [0.15, 0.2) is 5.13 Å². The van der Waals surface area contributed by atoms with Crippen molar-refractivity contribution in [2.75, 3.05) is 5.32 Å². The van der Waals surface area contributed by atoms with Gasteiger partial charge in [0.05, 0.1) is 5.69 Å². The lowest BCUT2D eigenvalue weighted by Gasteiger charge is -2.18. The predicted octanol–water partition coefficient (Wildman–Crippen LogP) is 5.14. The molecule has 0 atom stereocenters. The van der Waals surface area contributed by atoms with E-state index in [2.05, 4.69) is 28.5 Å². The predicted molar refractivity (Wildman–Crippen MR) is 95.8 cm³/mol. The van der Waals surface area contributed by atoms with Crippen molar-refractivity contribution in [1.29, 1.82) is 0 Å². The first kappa shape index (κ1) is 17.2. The van der Waals surface area contributed by atoms with Gasteiger partial charge in [-0.25, -0.2) is 9.78 Å². The molecule has 0 aliphatic carbocycles. The molecule has 1 N–H and O–H groups in total. The molecule has 0 bridgehead atoms. The lowest BCUT2D eigenvalue weighted by atomic mass is 10.1. The van der Waals surface area contributed by atoms with Crippen LogP contribution in [0, 0.1) is 0 Å². The number of rotatable bonds is 5. The molecule has 0 spiro atoms. The second-order valence-electron chi connectivity index (χ2n) is 6.13. The third-order valence-electron chi connectivity index (χ3n) is 2.86. The highest BCUT2D eigenvalue weighted by Gasteiger charge is 2.16. The lowest BCUT2D eigenvalue weighted by Crippen LogP contribution is -2.27. The average molecular weight is 330 g/mol. The molecule has 23 heavy (non-hydrogen) atoms. The normalized spacial score (nSPS) is 11.6. The minimum Gasteiger partial charge on any atom is -0.444 e. The SMILES string of the molecule is CC(C)(C)OC(=O)Nc1nc(/C=C\CCc2ccccc2)cs1. The number of nitrogens with one attached hydrogen (secondary N) is 1. The molecule has 0 unspecified atom stereocenters. The van der Waals surface area contributed by atoms with Gasteiger partial charge in [-0.05, 0) is 45.3 Å². The van der Waals surface area contributed by atoms with E-state index in [1.54, 1.807) is 0 Å². The van der Waals surface area contributed by atoms with E-state index in [-0.39, 0.29) is 0 Å². The number of hydrogen-bond acceptors (Lipinski definition) is 4. The zero-order chi connectivity index (χ0) is 16.7. The number of nitrogens with zero attached hydrogens (tertiary/aromatic N) is 1. The first-order valence-electron chi connectivity index (χ1n) is 7.58. The maximum Gasteiger partial charge on any atom is 0.413 e. The quantitative estimate of drug-likeness (QED) is 0.826. The van der Waals surface area contributed by atoms with E-state index in [0.29, 0.717) is 5.13 Å². The Labute approximate surface area is 141 Å². The largest absolute Gasteiger partial charge is 0.444 e. The smallest absolute Gasteiger partial charge is 0.413 e. The number of allylic oxidation sites excluding steroid dienone is 1. The van der Waals surface area contributed by atoms with Crippen molar-refractivity contribution < 1.29 is 9.53 Å². The molecule has 1 aromatic heterocycles. The van der Waals surface area contributed by atoms with E-state index >= 15 is 0 Å². The van der Waals surface area contributed by atoms with Crippen molar-refractivity contribution in [3.8, 4) is 0 Å². The molecule has 0 aliphatic rings. The van der Waals surface area contributed by atoms with Gasteiger partial charge < -0.3 is 4.74 Å². The summed E-state index contributed by atoms with van der Waals surface area (Å²) in [5, 5.41) is 5.10. The molecule has 5 heteroatoms. The van der Waals surface area contributed by atoms with E-state index in [4.69, 9.17) is 4.74 Å². The van der Waals surface area contributed by atoms with E-state index in [1.807, 2.05) is 50.4 Å². The Bertz CT molecular complexity index is 657. The molecule has 0 radical (unpaired) electrons. The topological polar surface area (TPSA) is 51.2 Å². The van der Waals surface area contributed by atoms with E-state index in [9.17, 15) is 4.79 Å². The number of ether oxygens (including phenoxy) is 1. The van der Waals surface area contributed by atoms with E-state index < -0.39 is 11.7 Å². The summed E-state index contributed by atoms with van der Waals surface area (Å²) in [6.07, 6.45) is 5.55. The third kappa shape index (κ3) is 6.65. The summed E-state index contributed by atoms with van der Waals surface area (Å²) in [4.78, 5) is 16.0. The third-order valence-corrected chi connectivity index (χ3v) is 3.64. The molecule has 0 aliphatic heterocycles. The number of amides is 1. The summed E-state index contributed by atoms with van der Waals surface area (Å²) in [6.45, 7) is 5.49. The van der Waals surface area contributed by atoms with Crippen molar-refractivity contribution in [3.63, 3.8) is 0 Å². The maximum atomic E-state index is 11.7. The maximum absolute atomic E-state index is 11.7. The molecule has 2 rings (SSSR count). The Balaban J connectivity index is 1.80. The highest BCUT2D eigenvalue weighted by Crippen LogP contribution is 2.18. The van der Waals surface area contributed by atoms with Crippen LogP contribution in [0.5, 0.6) is 0 Å². The van der Waals surface area contributed by atoms with Gasteiger partial charge in [-0.2, -0.15) is 0 Å². The molecular weight excluding hydrogens is 308 g/mol. The van der Waals surface area contributed by atoms with Gasteiger partial charge in [0.25, 0.3) is 0 Å². The van der Waals surface area contributed by atoms with Crippen LogP contribution in [0.2, 0.25) is 0 Å². The Kier molecular flexibility index (Phi) is 5.93. The highest BCUT2D eigenvalue weighted by molar-refractivity contribution is 7.14. The van der Waals surface area contributed by atoms with Crippen LogP contribution in [-0.4, -0.2) is 16.7 Å². The first-order chi connectivity index (χ1) is 10.9. The average Bonchev–Trinajstić information content (AvgIpc) is 2.90. The van der Waals surface area contributed by atoms with Gasteiger partial charge in [0, 0.05) is 5.38 Å². The number of thiazole rings is 1. The van der Waals surface area contributed by atoms with Crippen LogP contribution in [0.15, 0.2) is 41.8 Å². The van der Waals surface area contributed by atoms with Gasteiger partial charge in [0.2, 0.25) is 0 Å². The summed E-state index contributed by atoms with van der Waals surface area (Å²) >= 11 is 1.38. The molecule has 0 fully saturated rings. The molecular formula is C18H22N2O2S. The molecule has 0 saturated heterocycles. The summed E-state index contributed by atoms with van der Waals surface area (Å²) in [5.74, 6) is 0. The van der Waals surface area contributed by atoms with E-state index in [0.717, 1.165) is 18.5 Å². The molecule has 1 heterocycles. The summed E-state index contributed by atoms with van der Waals surface area (Å²) in [6, 6.07) is 10.4. The van der Waals surface area contributed by atoms with Crippen molar-refractivity contribution in [1.82, 2.24) is 4.98 Å². The van der Waals surface area contributed by atoms with Crippen LogP contribution in [-0.2, 0) is 11.2 Å². The second-order valence-corrected chi connectivity index (χ2v) is 6.99. The zero-order valence-corrected chi connectivity index (χ0v) is 14.5. The zero-order valence-electron chi connectivity index (χ0n) is 13.7. The molecule has 122 valence electrons. The summed E-state index contributed by atoms with van der Waals surface area (Å²) in [5.41, 5.74) is 1.65. The number of benzene rings is 1. The highest BCUT2D eigenvalue weighted by atomic mass is 32.1. The van der Waals surface area contributed by atoms with Crippen LogP contribution in [0.1, 0.15) is 38.4 Å². The number of hydrogen-bond donors (Lipinski definition) is 1. The first-order valence-corrected chi connectivity index (χ1v) is 8.46. The number of aryl methyl sites for hydroxylation is 1. The molecule has 0 saturated carbocycles. The standard InChI is InChI=1S/C18H22N2O2S/c1-18(2,3)22-17(21)20-16-19-15(13-23-16)12-8-7-11-14-9-5-4-6-10-14/h4-6,8-10,12-13H,7,11H2,1-3H3,(H,19,20,21)/b12-8-. The Hall–Kier alpha value is -2.14. The number of anilines is 1. The second kappa shape index (κ2) is 7.92. The Morgan fingerprint density at radius 1 is 1.30 bits per heavy atom. The van der Waals surface area contributed by atoms with Crippen LogP contribution in [0.3, 0.4) is 0 Å². The molecule has 1 amide bonds. The van der Waals surface area contributed by atoms with Gasteiger partial charge in [0.1, 0.15) is 5.60 Å². The van der Waals surface area contributed by atoms with Crippen molar-refractivity contribution in [3.05, 3.63) is 53.0 Å². The minimum atomic E-state index is -0.512. The van der Waals surface area contributed by atoms with E-state index in [1.165, 1.54) is 16.9 Å². The fourth-order valence-corrected chi connectivity index (χ4v) is 2.57. The fraction of sp³-hybridized carbons (Fsp3) is 0.333. The summed E-state index contributed by atoms with van der Waals surface area (Å²) < 4.78 is 5.20.